The highest BCUT2D eigenvalue weighted by Gasteiger charge is 2.29. The smallest absolute Gasteiger partial charge is 0.254 e. The molecule has 0 aliphatic carbocycles. The van der Waals surface area contributed by atoms with Crippen molar-refractivity contribution in [2.45, 2.75) is 31.6 Å². The van der Waals surface area contributed by atoms with Crippen LogP contribution in [0.5, 0.6) is 0 Å². The quantitative estimate of drug-likeness (QED) is 0.300. The maximum atomic E-state index is 13.0. The SMILES string of the molecule is Cc1ccc(C(=O)N2CCN(c3cc(Cl)nc(SCC(=O)NCc4ccco4)n3)CC2C)cc1. The molecule has 8 nitrogen and oxygen atoms in total. The fourth-order valence-electron chi connectivity index (χ4n) is 3.72. The van der Waals surface area contributed by atoms with Crippen molar-refractivity contribution in [3.05, 3.63) is 70.8 Å². The Morgan fingerprint density at radius 2 is 2.00 bits per heavy atom. The molecule has 1 saturated heterocycles. The standard InChI is InChI=1S/C24H26ClN5O3S/c1-16-5-7-18(8-6-16)23(32)30-10-9-29(14-17(30)2)21-12-20(25)27-24(28-21)34-15-22(31)26-13-19-4-3-11-33-19/h3-8,11-12,17H,9-10,13-15H2,1-2H3,(H,26,31). The van der Waals surface area contributed by atoms with Crippen molar-refractivity contribution < 1.29 is 14.0 Å². The maximum Gasteiger partial charge on any atom is 0.254 e. The van der Waals surface area contributed by atoms with Gasteiger partial charge in [0.2, 0.25) is 5.91 Å². The van der Waals surface area contributed by atoms with Gasteiger partial charge in [0.1, 0.15) is 16.7 Å². The molecule has 1 N–H and O–H groups in total. The molecule has 10 heteroatoms. The first-order valence-corrected chi connectivity index (χ1v) is 12.3. The van der Waals surface area contributed by atoms with Gasteiger partial charge in [-0.2, -0.15) is 0 Å². The van der Waals surface area contributed by atoms with E-state index in [9.17, 15) is 9.59 Å². The number of furan rings is 1. The second-order valence-electron chi connectivity index (χ2n) is 8.14. The summed E-state index contributed by atoms with van der Waals surface area (Å²) in [5, 5.41) is 3.54. The topological polar surface area (TPSA) is 91.6 Å². The Balaban J connectivity index is 1.34. The number of halogens is 1. The molecule has 0 bridgehead atoms. The Morgan fingerprint density at radius 1 is 1.21 bits per heavy atom. The van der Waals surface area contributed by atoms with Crippen LogP contribution in [0, 0.1) is 6.92 Å². The summed E-state index contributed by atoms with van der Waals surface area (Å²) in [5.41, 5.74) is 1.82. The van der Waals surface area contributed by atoms with Gasteiger partial charge in [0.15, 0.2) is 5.16 Å². The fraction of sp³-hybridized carbons (Fsp3) is 0.333. The molecule has 34 heavy (non-hydrogen) atoms. The van der Waals surface area contributed by atoms with Crippen LogP contribution >= 0.6 is 23.4 Å². The van der Waals surface area contributed by atoms with Gasteiger partial charge in [0.05, 0.1) is 18.6 Å². The Labute approximate surface area is 207 Å². The van der Waals surface area contributed by atoms with Crippen LogP contribution in [0.2, 0.25) is 5.15 Å². The van der Waals surface area contributed by atoms with Gasteiger partial charge in [-0.05, 0) is 38.1 Å². The van der Waals surface area contributed by atoms with Gasteiger partial charge in [-0.15, -0.1) is 0 Å². The lowest BCUT2D eigenvalue weighted by Gasteiger charge is -2.40. The van der Waals surface area contributed by atoms with Crippen molar-refractivity contribution >= 4 is 41.0 Å². The average Bonchev–Trinajstić information content (AvgIpc) is 3.35. The van der Waals surface area contributed by atoms with E-state index < -0.39 is 0 Å². The van der Waals surface area contributed by atoms with E-state index in [1.807, 2.05) is 43.0 Å². The van der Waals surface area contributed by atoms with Crippen molar-refractivity contribution in [2.24, 2.45) is 0 Å². The first kappa shape index (κ1) is 24.1. The van der Waals surface area contributed by atoms with Crippen LogP contribution in [0.25, 0.3) is 0 Å². The zero-order valence-electron chi connectivity index (χ0n) is 19.0. The summed E-state index contributed by atoms with van der Waals surface area (Å²) < 4.78 is 5.21. The number of amides is 2. The van der Waals surface area contributed by atoms with Gasteiger partial charge in [0, 0.05) is 37.3 Å². The van der Waals surface area contributed by atoms with E-state index in [0.29, 0.717) is 53.6 Å². The van der Waals surface area contributed by atoms with E-state index in [1.54, 1.807) is 24.5 Å². The molecule has 3 aromatic rings. The molecule has 178 valence electrons. The van der Waals surface area contributed by atoms with Gasteiger partial charge in [0.25, 0.3) is 5.91 Å². The van der Waals surface area contributed by atoms with Crippen molar-refractivity contribution in [2.75, 3.05) is 30.3 Å². The first-order valence-electron chi connectivity index (χ1n) is 11.0. The number of carbonyl (C=O) groups is 2. The third-order valence-corrected chi connectivity index (χ3v) is 6.58. The molecular formula is C24H26ClN5O3S. The Bertz CT molecular complexity index is 1140. The van der Waals surface area contributed by atoms with E-state index in [-0.39, 0.29) is 23.6 Å². The number of piperazine rings is 1. The van der Waals surface area contributed by atoms with E-state index in [2.05, 4.69) is 20.2 Å². The Morgan fingerprint density at radius 3 is 2.71 bits per heavy atom. The van der Waals surface area contributed by atoms with Crippen LogP contribution < -0.4 is 10.2 Å². The molecule has 3 heterocycles. The summed E-state index contributed by atoms with van der Waals surface area (Å²) in [6.07, 6.45) is 1.57. The van der Waals surface area contributed by atoms with Crippen LogP contribution in [0.3, 0.4) is 0 Å². The number of aryl methyl sites for hydroxylation is 1. The van der Waals surface area contributed by atoms with Crippen LogP contribution in [0.15, 0.2) is 58.3 Å². The van der Waals surface area contributed by atoms with E-state index in [4.69, 9.17) is 16.0 Å². The largest absolute Gasteiger partial charge is 0.467 e. The number of nitrogens with zero attached hydrogens (tertiary/aromatic N) is 4. The van der Waals surface area contributed by atoms with Crippen molar-refractivity contribution in [1.82, 2.24) is 20.2 Å². The molecule has 0 radical (unpaired) electrons. The second-order valence-corrected chi connectivity index (χ2v) is 9.47. The molecule has 1 unspecified atom stereocenters. The normalized spacial score (nSPS) is 15.9. The molecule has 1 atom stereocenters. The fourth-order valence-corrected chi connectivity index (χ4v) is 4.63. The summed E-state index contributed by atoms with van der Waals surface area (Å²) >= 11 is 7.48. The second kappa shape index (κ2) is 10.9. The predicted molar refractivity (Wildman–Crippen MR) is 132 cm³/mol. The number of aromatic nitrogens is 2. The minimum absolute atomic E-state index is 0.000208. The molecule has 1 fully saturated rings. The molecule has 0 spiro atoms. The van der Waals surface area contributed by atoms with E-state index in [0.717, 1.165) is 5.56 Å². The minimum Gasteiger partial charge on any atom is -0.467 e. The maximum absolute atomic E-state index is 13.0. The van der Waals surface area contributed by atoms with Crippen molar-refractivity contribution in [3.63, 3.8) is 0 Å². The monoisotopic (exact) mass is 499 g/mol. The summed E-state index contributed by atoms with van der Waals surface area (Å²) in [7, 11) is 0. The van der Waals surface area contributed by atoms with Gasteiger partial charge < -0.3 is 19.5 Å². The molecule has 1 aliphatic heterocycles. The molecular weight excluding hydrogens is 474 g/mol. The Hall–Kier alpha value is -3.04. The zero-order chi connectivity index (χ0) is 24.1. The molecule has 0 saturated carbocycles. The lowest BCUT2D eigenvalue weighted by molar-refractivity contribution is -0.118. The highest BCUT2D eigenvalue weighted by atomic mass is 35.5. The van der Waals surface area contributed by atoms with Crippen molar-refractivity contribution in [3.8, 4) is 0 Å². The van der Waals surface area contributed by atoms with Gasteiger partial charge in [-0.25, -0.2) is 9.97 Å². The van der Waals surface area contributed by atoms with Crippen LogP contribution in [-0.2, 0) is 11.3 Å². The number of carbonyl (C=O) groups excluding carboxylic acids is 2. The number of nitrogens with one attached hydrogen (secondary N) is 1. The number of hydrogen-bond acceptors (Lipinski definition) is 7. The molecule has 1 aromatic carbocycles. The number of benzene rings is 1. The van der Waals surface area contributed by atoms with E-state index >= 15 is 0 Å². The molecule has 2 aromatic heterocycles. The highest BCUT2D eigenvalue weighted by molar-refractivity contribution is 7.99. The van der Waals surface area contributed by atoms with Gasteiger partial charge in [-0.1, -0.05) is 41.1 Å². The lowest BCUT2D eigenvalue weighted by atomic mass is 10.1. The molecule has 4 rings (SSSR count). The van der Waals surface area contributed by atoms with Crippen LogP contribution in [-0.4, -0.2) is 58.1 Å². The first-order chi connectivity index (χ1) is 16.4. The number of thioether (sulfide) groups is 1. The summed E-state index contributed by atoms with van der Waals surface area (Å²) in [6, 6.07) is 12.9. The third kappa shape index (κ3) is 6.09. The van der Waals surface area contributed by atoms with Crippen LogP contribution in [0.1, 0.15) is 28.6 Å². The van der Waals surface area contributed by atoms with Gasteiger partial charge >= 0.3 is 0 Å². The number of rotatable bonds is 7. The Kier molecular flexibility index (Phi) is 7.74. The zero-order valence-corrected chi connectivity index (χ0v) is 20.6. The predicted octanol–water partition coefficient (Wildman–Crippen LogP) is 3.79. The lowest BCUT2D eigenvalue weighted by Crippen LogP contribution is -2.54. The third-order valence-electron chi connectivity index (χ3n) is 5.54. The highest BCUT2D eigenvalue weighted by Crippen LogP contribution is 2.24. The van der Waals surface area contributed by atoms with Crippen molar-refractivity contribution in [1.29, 1.82) is 0 Å². The average molecular weight is 500 g/mol. The summed E-state index contributed by atoms with van der Waals surface area (Å²) in [6.45, 7) is 6.19. The minimum atomic E-state index is -0.150. The van der Waals surface area contributed by atoms with Gasteiger partial charge in [-0.3, -0.25) is 9.59 Å². The molecule has 1 aliphatic rings. The van der Waals surface area contributed by atoms with Crippen LogP contribution in [0.4, 0.5) is 5.82 Å². The number of anilines is 1. The van der Waals surface area contributed by atoms with E-state index in [1.165, 1.54) is 11.8 Å². The summed E-state index contributed by atoms with van der Waals surface area (Å²) in [4.78, 5) is 38.0. The summed E-state index contributed by atoms with van der Waals surface area (Å²) in [5.74, 6) is 1.42. The number of hydrogen-bond donors (Lipinski definition) is 1. The molecule has 2 amide bonds.